The zero-order valence-corrected chi connectivity index (χ0v) is 13.1. The van der Waals surface area contributed by atoms with Gasteiger partial charge in [0.1, 0.15) is 5.75 Å². The Labute approximate surface area is 134 Å². The molecule has 0 radical (unpaired) electrons. The van der Waals surface area contributed by atoms with E-state index in [2.05, 4.69) is 18.0 Å². The van der Waals surface area contributed by atoms with Crippen molar-refractivity contribution in [1.29, 1.82) is 0 Å². The highest BCUT2D eigenvalue weighted by molar-refractivity contribution is 5.58. The number of ether oxygens (including phenoxy) is 1. The van der Waals surface area contributed by atoms with Crippen molar-refractivity contribution >= 4 is 11.5 Å². The van der Waals surface area contributed by atoms with Gasteiger partial charge < -0.3 is 9.64 Å². The maximum atomic E-state index is 11.2. The minimum atomic E-state index is -0.375. The maximum Gasteiger partial charge on any atom is 0.311 e. The minimum Gasteiger partial charge on any atom is -0.494 e. The molecule has 0 bridgehead atoms. The lowest BCUT2D eigenvalue weighted by Gasteiger charge is -2.29. The Morgan fingerprint density at radius 1 is 1.35 bits per heavy atom. The number of hydrogen-bond acceptors (Lipinski definition) is 5. The van der Waals surface area contributed by atoms with Crippen LogP contribution in [0.2, 0.25) is 0 Å². The van der Waals surface area contributed by atoms with Crippen molar-refractivity contribution < 1.29 is 9.66 Å². The van der Waals surface area contributed by atoms with Gasteiger partial charge in [0, 0.05) is 25.4 Å². The Balaban J connectivity index is 1.82. The summed E-state index contributed by atoms with van der Waals surface area (Å²) in [6, 6.07) is 9.18. The predicted molar refractivity (Wildman–Crippen MR) is 87.9 cm³/mol. The van der Waals surface area contributed by atoms with Crippen LogP contribution in [-0.2, 0) is 13.0 Å². The number of nitrogens with zero attached hydrogens (tertiary/aromatic N) is 3. The molecule has 23 heavy (non-hydrogen) atoms. The number of benzene rings is 1. The summed E-state index contributed by atoms with van der Waals surface area (Å²) in [4.78, 5) is 17.0. The van der Waals surface area contributed by atoms with Gasteiger partial charge in [-0.25, -0.2) is 4.98 Å². The van der Waals surface area contributed by atoms with Crippen LogP contribution in [0.4, 0.5) is 11.5 Å². The molecular weight excluding hydrogens is 294 g/mol. The summed E-state index contributed by atoms with van der Waals surface area (Å²) < 4.78 is 5.67. The number of pyridine rings is 1. The minimum absolute atomic E-state index is 0.0545. The summed E-state index contributed by atoms with van der Waals surface area (Å²) in [6.07, 6.45) is 3.40. The number of anilines is 1. The fraction of sp³-hybridized carbons (Fsp3) is 0.353. The SMILES string of the molecule is CCCOc1ccc2c(c1)CCN(c1ncccc1[N+](=O)[O-])C2. The lowest BCUT2D eigenvalue weighted by atomic mass is 9.99. The smallest absolute Gasteiger partial charge is 0.311 e. The van der Waals surface area contributed by atoms with Crippen LogP contribution >= 0.6 is 0 Å². The van der Waals surface area contributed by atoms with Crippen LogP contribution in [0.5, 0.6) is 5.75 Å². The van der Waals surface area contributed by atoms with Crippen LogP contribution in [0.3, 0.4) is 0 Å². The van der Waals surface area contributed by atoms with Gasteiger partial charge in [-0.05, 0) is 42.2 Å². The number of rotatable bonds is 5. The molecule has 0 N–H and O–H groups in total. The van der Waals surface area contributed by atoms with Gasteiger partial charge in [-0.2, -0.15) is 0 Å². The number of hydrogen-bond donors (Lipinski definition) is 0. The zero-order chi connectivity index (χ0) is 16.2. The van der Waals surface area contributed by atoms with Crippen LogP contribution < -0.4 is 9.64 Å². The van der Waals surface area contributed by atoms with E-state index in [0.717, 1.165) is 18.6 Å². The van der Waals surface area contributed by atoms with Crippen molar-refractivity contribution in [3.05, 3.63) is 57.8 Å². The van der Waals surface area contributed by atoms with Crippen LogP contribution in [0.25, 0.3) is 0 Å². The third kappa shape index (κ3) is 3.26. The quantitative estimate of drug-likeness (QED) is 0.625. The van der Waals surface area contributed by atoms with Gasteiger partial charge in [0.15, 0.2) is 0 Å². The molecular formula is C17H19N3O3. The van der Waals surface area contributed by atoms with E-state index in [1.807, 2.05) is 17.0 Å². The molecule has 0 unspecified atom stereocenters. The topological polar surface area (TPSA) is 68.5 Å². The van der Waals surface area contributed by atoms with Crippen molar-refractivity contribution in [2.24, 2.45) is 0 Å². The molecule has 120 valence electrons. The summed E-state index contributed by atoms with van der Waals surface area (Å²) in [5.41, 5.74) is 2.47. The van der Waals surface area contributed by atoms with Crippen molar-refractivity contribution in [1.82, 2.24) is 4.98 Å². The van der Waals surface area contributed by atoms with Crippen molar-refractivity contribution in [3.63, 3.8) is 0 Å². The Bertz CT molecular complexity index is 718. The van der Waals surface area contributed by atoms with Gasteiger partial charge in [0.25, 0.3) is 0 Å². The van der Waals surface area contributed by atoms with E-state index in [0.29, 0.717) is 25.5 Å². The molecule has 0 spiro atoms. The first-order valence-corrected chi connectivity index (χ1v) is 7.78. The summed E-state index contributed by atoms with van der Waals surface area (Å²) in [6.45, 7) is 4.13. The normalized spacial score (nSPS) is 13.5. The highest BCUT2D eigenvalue weighted by atomic mass is 16.6. The number of fused-ring (bicyclic) bond motifs is 1. The van der Waals surface area contributed by atoms with E-state index in [4.69, 9.17) is 4.74 Å². The third-order valence-electron chi connectivity index (χ3n) is 3.93. The zero-order valence-electron chi connectivity index (χ0n) is 13.1. The molecule has 2 heterocycles. The van der Waals surface area contributed by atoms with Crippen molar-refractivity contribution in [3.8, 4) is 5.75 Å². The number of aromatic nitrogens is 1. The Morgan fingerprint density at radius 2 is 2.22 bits per heavy atom. The first kappa shape index (κ1) is 15.3. The average molecular weight is 313 g/mol. The third-order valence-corrected chi connectivity index (χ3v) is 3.93. The van der Waals surface area contributed by atoms with Crippen LogP contribution in [0, 0.1) is 10.1 Å². The molecule has 2 aromatic rings. The summed E-state index contributed by atoms with van der Waals surface area (Å²) >= 11 is 0. The van der Waals surface area contributed by atoms with E-state index < -0.39 is 0 Å². The van der Waals surface area contributed by atoms with E-state index >= 15 is 0 Å². The van der Waals surface area contributed by atoms with Gasteiger partial charge in [-0.15, -0.1) is 0 Å². The average Bonchev–Trinajstić information content (AvgIpc) is 2.59. The Kier molecular flexibility index (Phi) is 4.41. The molecule has 1 aromatic carbocycles. The van der Waals surface area contributed by atoms with Crippen molar-refractivity contribution in [2.45, 2.75) is 26.3 Å². The van der Waals surface area contributed by atoms with E-state index in [1.54, 1.807) is 12.3 Å². The van der Waals surface area contributed by atoms with Gasteiger partial charge in [-0.1, -0.05) is 13.0 Å². The second kappa shape index (κ2) is 6.64. The maximum absolute atomic E-state index is 11.2. The fourth-order valence-corrected chi connectivity index (χ4v) is 2.79. The largest absolute Gasteiger partial charge is 0.494 e. The Hall–Kier alpha value is -2.63. The predicted octanol–water partition coefficient (Wildman–Crippen LogP) is 3.34. The molecule has 6 nitrogen and oxygen atoms in total. The molecule has 0 saturated carbocycles. The summed E-state index contributed by atoms with van der Waals surface area (Å²) in [5.74, 6) is 1.33. The summed E-state index contributed by atoms with van der Waals surface area (Å²) in [7, 11) is 0. The fourth-order valence-electron chi connectivity index (χ4n) is 2.79. The lowest BCUT2D eigenvalue weighted by molar-refractivity contribution is -0.384. The highest BCUT2D eigenvalue weighted by Gasteiger charge is 2.24. The monoisotopic (exact) mass is 313 g/mol. The second-order valence-electron chi connectivity index (χ2n) is 5.55. The molecule has 1 aliphatic rings. The van der Waals surface area contributed by atoms with E-state index in [-0.39, 0.29) is 10.6 Å². The van der Waals surface area contributed by atoms with E-state index in [1.165, 1.54) is 17.2 Å². The van der Waals surface area contributed by atoms with Gasteiger partial charge in [0.2, 0.25) is 5.82 Å². The van der Waals surface area contributed by atoms with Crippen molar-refractivity contribution in [2.75, 3.05) is 18.1 Å². The van der Waals surface area contributed by atoms with Gasteiger partial charge >= 0.3 is 5.69 Å². The van der Waals surface area contributed by atoms with Crippen LogP contribution in [-0.4, -0.2) is 23.1 Å². The number of nitro groups is 1. The van der Waals surface area contributed by atoms with E-state index in [9.17, 15) is 10.1 Å². The molecule has 0 fully saturated rings. The lowest BCUT2D eigenvalue weighted by Crippen LogP contribution is -2.31. The molecule has 0 aliphatic carbocycles. The van der Waals surface area contributed by atoms with Crippen LogP contribution in [0.15, 0.2) is 36.5 Å². The van der Waals surface area contributed by atoms with Crippen LogP contribution in [0.1, 0.15) is 24.5 Å². The summed E-state index contributed by atoms with van der Waals surface area (Å²) in [5, 5.41) is 11.2. The highest BCUT2D eigenvalue weighted by Crippen LogP contribution is 2.31. The standard InChI is InChI=1S/C17H19N3O3/c1-2-10-23-15-6-5-14-12-19(9-7-13(14)11-15)17-16(20(21)22)4-3-8-18-17/h3-6,8,11H,2,7,9-10,12H2,1H3. The first-order chi connectivity index (χ1) is 11.2. The first-order valence-electron chi connectivity index (χ1n) is 7.78. The Morgan fingerprint density at radius 3 is 3.00 bits per heavy atom. The second-order valence-corrected chi connectivity index (χ2v) is 5.55. The molecule has 0 atom stereocenters. The molecule has 1 aromatic heterocycles. The van der Waals surface area contributed by atoms with Gasteiger partial charge in [-0.3, -0.25) is 10.1 Å². The molecule has 0 amide bonds. The molecule has 6 heteroatoms. The molecule has 3 rings (SSSR count). The molecule has 0 saturated heterocycles. The van der Waals surface area contributed by atoms with Gasteiger partial charge in [0.05, 0.1) is 11.5 Å². The molecule has 1 aliphatic heterocycles.